The number of ether oxygens (including phenoxy) is 2. The van der Waals surface area contributed by atoms with Gasteiger partial charge in [-0.3, -0.25) is 0 Å². The average Bonchev–Trinajstić information content (AvgIpc) is 3.00. The van der Waals surface area contributed by atoms with Gasteiger partial charge in [0.25, 0.3) is 0 Å². The Kier molecular flexibility index (Phi) is 7.93. The standard InChI is InChI=1S/C29H42BFO4Si/c1-19(2)36(20(3)4,21(5)6)15-14-24-26(31)13-12-22-16-23(33-18-32-11)17-25(27(22)24)30-34-28(7,8)29(9,10)35-30/h12-13,16-17,19-21H,18H2,1-11H3/i13D. The number of methoxy groups -OCH3 is 1. The molecule has 1 aliphatic rings. The van der Waals surface area contributed by atoms with Crippen LogP contribution in [-0.4, -0.2) is 40.3 Å². The zero-order valence-electron chi connectivity index (χ0n) is 24.8. The third-order valence-electron chi connectivity index (χ3n) is 8.12. The van der Waals surface area contributed by atoms with E-state index in [4.69, 9.17) is 20.2 Å². The zero-order valence-corrected chi connectivity index (χ0v) is 24.8. The second kappa shape index (κ2) is 10.5. The van der Waals surface area contributed by atoms with Crippen LogP contribution in [0, 0.1) is 17.3 Å². The molecule has 1 aliphatic heterocycles. The molecule has 0 unspecified atom stereocenters. The van der Waals surface area contributed by atoms with E-state index in [1.165, 1.54) is 6.07 Å². The lowest BCUT2D eigenvalue weighted by molar-refractivity contribution is 0.00578. The number of halogens is 1. The molecule has 0 N–H and O–H groups in total. The normalized spacial score (nSPS) is 17.6. The second-order valence-corrected chi connectivity index (χ2v) is 17.3. The van der Waals surface area contributed by atoms with Crippen LogP contribution in [0.5, 0.6) is 5.75 Å². The Morgan fingerprint density at radius 2 is 1.58 bits per heavy atom. The quantitative estimate of drug-likeness (QED) is 0.231. The fourth-order valence-electron chi connectivity index (χ4n) is 5.47. The van der Waals surface area contributed by atoms with Crippen molar-refractivity contribution in [2.75, 3.05) is 13.9 Å². The summed E-state index contributed by atoms with van der Waals surface area (Å²) in [6, 6.07) is 4.92. The Bertz CT molecular complexity index is 1180. The van der Waals surface area contributed by atoms with Crippen molar-refractivity contribution in [2.24, 2.45) is 0 Å². The highest BCUT2D eigenvalue weighted by molar-refractivity contribution is 6.90. The van der Waals surface area contributed by atoms with Crippen LogP contribution in [-0.2, 0) is 14.0 Å². The van der Waals surface area contributed by atoms with Gasteiger partial charge in [0.15, 0.2) is 6.79 Å². The summed E-state index contributed by atoms with van der Waals surface area (Å²) in [6.07, 6.45) is 0. The van der Waals surface area contributed by atoms with Crippen molar-refractivity contribution in [1.82, 2.24) is 0 Å². The van der Waals surface area contributed by atoms with Gasteiger partial charge in [0, 0.05) is 12.5 Å². The molecule has 1 heterocycles. The molecule has 0 atom stereocenters. The lowest BCUT2D eigenvalue weighted by atomic mass is 9.74. The van der Waals surface area contributed by atoms with Crippen molar-refractivity contribution in [2.45, 2.75) is 97.1 Å². The van der Waals surface area contributed by atoms with E-state index in [0.717, 1.165) is 0 Å². The highest BCUT2D eigenvalue weighted by Gasteiger charge is 2.52. The van der Waals surface area contributed by atoms with Crippen molar-refractivity contribution < 1.29 is 24.5 Å². The van der Waals surface area contributed by atoms with Crippen molar-refractivity contribution in [3.8, 4) is 17.2 Å². The molecule has 196 valence electrons. The van der Waals surface area contributed by atoms with Gasteiger partial charge in [0.05, 0.1) is 18.1 Å². The molecule has 0 bridgehead atoms. The predicted octanol–water partition coefficient (Wildman–Crippen LogP) is 6.83. The fraction of sp³-hybridized carbons (Fsp3) is 0.586. The minimum absolute atomic E-state index is 0.0567. The average molecular weight is 514 g/mol. The van der Waals surface area contributed by atoms with Crippen LogP contribution in [0.3, 0.4) is 0 Å². The largest absolute Gasteiger partial charge is 0.495 e. The minimum atomic E-state index is -2.15. The second-order valence-electron chi connectivity index (χ2n) is 11.7. The predicted molar refractivity (Wildman–Crippen MR) is 150 cm³/mol. The van der Waals surface area contributed by atoms with Crippen LogP contribution < -0.4 is 10.2 Å². The molecule has 36 heavy (non-hydrogen) atoms. The van der Waals surface area contributed by atoms with Gasteiger partial charge in [-0.1, -0.05) is 53.5 Å². The zero-order chi connectivity index (χ0) is 27.9. The van der Waals surface area contributed by atoms with Crippen LogP contribution >= 0.6 is 0 Å². The first kappa shape index (κ1) is 27.2. The molecule has 0 amide bonds. The first-order valence-electron chi connectivity index (χ1n) is 13.4. The molecule has 3 rings (SSSR count). The molecule has 0 aromatic heterocycles. The Morgan fingerprint density at radius 1 is 1.03 bits per heavy atom. The van der Waals surface area contributed by atoms with E-state index >= 15 is 4.39 Å². The van der Waals surface area contributed by atoms with Crippen LogP contribution in [0.15, 0.2) is 24.2 Å². The van der Waals surface area contributed by atoms with Crippen molar-refractivity contribution >= 4 is 31.4 Å². The molecule has 2 aromatic carbocycles. The van der Waals surface area contributed by atoms with E-state index < -0.39 is 32.2 Å². The Hall–Kier alpha value is -1.85. The maximum Gasteiger partial charge on any atom is 0.495 e. The van der Waals surface area contributed by atoms with Crippen LogP contribution in [0.25, 0.3) is 10.8 Å². The summed E-state index contributed by atoms with van der Waals surface area (Å²) < 4.78 is 47.8. The smallest absolute Gasteiger partial charge is 0.468 e. The topological polar surface area (TPSA) is 36.9 Å². The fourth-order valence-corrected chi connectivity index (χ4v) is 10.7. The Labute approximate surface area is 219 Å². The highest BCUT2D eigenvalue weighted by atomic mass is 28.3. The summed E-state index contributed by atoms with van der Waals surface area (Å²) in [6.45, 7) is 21.4. The Balaban J connectivity index is 2.37. The van der Waals surface area contributed by atoms with Crippen molar-refractivity contribution in [3.63, 3.8) is 0 Å². The third-order valence-corrected chi connectivity index (χ3v) is 14.4. The Morgan fingerprint density at radius 3 is 2.08 bits per heavy atom. The maximum absolute atomic E-state index is 15.8. The molecule has 0 saturated carbocycles. The van der Waals surface area contributed by atoms with E-state index in [1.54, 1.807) is 13.2 Å². The summed E-state index contributed by atoms with van der Waals surface area (Å²) in [5.41, 5.74) is 4.52. The maximum atomic E-state index is 15.8. The summed E-state index contributed by atoms with van der Waals surface area (Å²) in [5, 5.41) is 1.25. The molecule has 0 radical (unpaired) electrons. The third kappa shape index (κ3) is 5.11. The number of benzene rings is 2. The molecular weight excluding hydrogens is 470 g/mol. The van der Waals surface area contributed by atoms with Gasteiger partial charge in [-0.15, -0.1) is 5.54 Å². The molecule has 0 aliphatic carbocycles. The molecule has 0 spiro atoms. The highest BCUT2D eigenvalue weighted by Crippen LogP contribution is 2.41. The molecule has 2 aromatic rings. The first-order valence-corrected chi connectivity index (χ1v) is 15.1. The van der Waals surface area contributed by atoms with Gasteiger partial charge in [-0.05, 0) is 73.3 Å². The van der Waals surface area contributed by atoms with E-state index in [0.29, 0.717) is 38.6 Å². The van der Waals surface area contributed by atoms with Crippen molar-refractivity contribution in [1.29, 1.82) is 0 Å². The van der Waals surface area contributed by atoms with E-state index in [9.17, 15) is 0 Å². The number of fused-ring (bicyclic) bond motifs is 1. The van der Waals surface area contributed by atoms with Crippen molar-refractivity contribution in [3.05, 3.63) is 35.6 Å². The number of hydrogen-bond donors (Lipinski definition) is 0. The van der Waals surface area contributed by atoms with E-state index in [2.05, 4.69) is 53.0 Å². The molecule has 7 heteroatoms. The minimum Gasteiger partial charge on any atom is -0.468 e. The van der Waals surface area contributed by atoms with Crippen LogP contribution in [0.4, 0.5) is 4.39 Å². The first-order chi connectivity index (χ1) is 17.1. The van der Waals surface area contributed by atoms with Gasteiger partial charge in [-0.25, -0.2) is 4.39 Å². The summed E-state index contributed by atoms with van der Waals surface area (Å²) in [7, 11) is -1.36. The summed E-state index contributed by atoms with van der Waals surface area (Å²) in [5.74, 6) is 3.19. The van der Waals surface area contributed by atoms with Crippen LogP contribution in [0.1, 0.15) is 76.2 Å². The number of hydrogen-bond acceptors (Lipinski definition) is 4. The van der Waals surface area contributed by atoms with Gasteiger partial charge in [0.1, 0.15) is 19.6 Å². The van der Waals surface area contributed by atoms with Crippen LogP contribution in [0.2, 0.25) is 16.6 Å². The van der Waals surface area contributed by atoms with Gasteiger partial charge in [0.2, 0.25) is 0 Å². The monoisotopic (exact) mass is 513 g/mol. The molecule has 1 fully saturated rings. The van der Waals surface area contributed by atoms with E-state index in [-0.39, 0.29) is 18.4 Å². The molecular formula is C29H42BFO4Si. The lowest BCUT2D eigenvalue weighted by Gasteiger charge is -2.38. The van der Waals surface area contributed by atoms with Gasteiger partial charge in [-0.2, -0.15) is 0 Å². The number of rotatable bonds is 7. The molecule has 1 saturated heterocycles. The van der Waals surface area contributed by atoms with E-state index in [1.807, 2.05) is 33.8 Å². The SMILES string of the molecule is [2H]c1cc2cc(OCOC)cc(B3OC(C)(C)C(C)(C)O3)c2c(C#C[Si](C(C)C)(C(C)C)C(C)C)c1F. The lowest BCUT2D eigenvalue weighted by Crippen LogP contribution is -2.43. The molecule has 4 nitrogen and oxygen atoms in total. The van der Waals surface area contributed by atoms with Gasteiger partial charge < -0.3 is 18.8 Å². The summed E-state index contributed by atoms with van der Waals surface area (Å²) >= 11 is 0. The summed E-state index contributed by atoms with van der Waals surface area (Å²) in [4.78, 5) is 0. The van der Waals surface area contributed by atoms with Gasteiger partial charge >= 0.3 is 7.12 Å².